The van der Waals surface area contributed by atoms with Gasteiger partial charge in [0.15, 0.2) is 0 Å². The first-order valence-corrected chi connectivity index (χ1v) is 13.3. The first-order valence-electron chi connectivity index (χ1n) is 13.3. The Hall–Kier alpha value is -4.53. The molecule has 0 aromatic heterocycles. The number of benzene rings is 4. The van der Waals surface area contributed by atoms with Crippen molar-refractivity contribution in [2.24, 2.45) is 0 Å². The van der Waals surface area contributed by atoms with Crippen molar-refractivity contribution in [3.8, 4) is 28.7 Å². The van der Waals surface area contributed by atoms with Crippen molar-refractivity contribution < 1.29 is 53.0 Å². The molecule has 0 spiro atoms. The van der Waals surface area contributed by atoms with Gasteiger partial charge >= 0.3 is 12.3 Å². The predicted octanol–water partition coefficient (Wildman–Crippen LogP) is 10.5. The highest BCUT2D eigenvalue weighted by molar-refractivity contribution is 5.65. The molecular formula is C33H21F11O. The van der Waals surface area contributed by atoms with Gasteiger partial charge in [0.05, 0.1) is 5.56 Å². The van der Waals surface area contributed by atoms with E-state index in [1.54, 1.807) is 12.1 Å². The normalized spacial score (nSPS) is 11.7. The molecule has 0 saturated carbocycles. The molecular weight excluding hydrogens is 621 g/mol. The summed E-state index contributed by atoms with van der Waals surface area (Å²) in [6.07, 6.45) is -6.48. The molecule has 4 aromatic carbocycles. The Morgan fingerprint density at radius 3 is 1.64 bits per heavy atom. The van der Waals surface area contributed by atoms with Gasteiger partial charge in [-0.1, -0.05) is 55.9 Å². The lowest BCUT2D eigenvalue weighted by Gasteiger charge is -2.20. The van der Waals surface area contributed by atoms with Crippen LogP contribution in [0.2, 0.25) is 0 Å². The van der Waals surface area contributed by atoms with Crippen LogP contribution < -0.4 is 4.74 Å². The molecule has 0 radical (unpaired) electrons. The molecule has 4 rings (SSSR count). The molecule has 0 saturated heterocycles. The smallest absolute Gasteiger partial charge is 0.429 e. The van der Waals surface area contributed by atoms with Gasteiger partial charge in [-0.05, 0) is 53.8 Å². The fourth-order valence-corrected chi connectivity index (χ4v) is 4.44. The van der Waals surface area contributed by atoms with E-state index < -0.39 is 75.2 Å². The quantitative estimate of drug-likeness (QED) is 0.106. The van der Waals surface area contributed by atoms with E-state index in [0.717, 1.165) is 43.4 Å². The van der Waals surface area contributed by atoms with E-state index in [0.29, 0.717) is 5.56 Å². The lowest BCUT2D eigenvalue weighted by molar-refractivity contribution is -0.189. The predicted molar refractivity (Wildman–Crippen MR) is 143 cm³/mol. The van der Waals surface area contributed by atoms with E-state index in [1.165, 1.54) is 0 Å². The van der Waals surface area contributed by atoms with Gasteiger partial charge in [0, 0.05) is 17.7 Å². The van der Waals surface area contributed by atoms with Crippen LogP contribution in [-0.2, 0) is 18.7 Å². The van der Waals surface area contributed by atoms with Crippen molar-refractivity contribution in [1.29, 1.82) is 0 Å². The number of unbranched alkanes of at least 4 members (excludes halogenated alkanes) is 2. The van der Waals surface area contributed by atoms with Crippen molar-refractivity contribution in [3.63, 3.8) is 0 Å². The number of ether oxygens (including phenoxy) is 1. The molecule has 0 amide bonds. The van der Waals surface area contributed by atoms with E-state index >= 15 is 0 Å². The Balaban J connectivity index is 1.56. The van der Waals surface area contributed by atoms with E-state index in [9.17, 15) is 48.3 Å². The van der Waals surface area contributed by atoms with Crippen molar-refractivity contribution in [2.45, 2.75) is 44.9 Å². The van der Waals surface area contributed by atoms with Crippen LogP contribution in [0.15, 0.2) is 60.7 Å². The number of rotatable bonds is 8. The molecule has 1 nitrogen and oxygen atoms in total. The number of hydrogen-bond donors (Lipinski definition) is 0. The van der Waals surface area contributed by atoms with Crippen LogP contribution in [0, 0.1) is 46.7 Å². The number of aryl methyl sites for hydroxylation is 1. The second-order valence-corrected chi connectivity index (χ2v) is 9.91. The summed E-state index contributed by atoms with van der Waals surface area (Å²) in [5.74, 6) is -8.11. The van der Waals surface area contributed by atoms with Gasteiger partial charge in [0.25, 0.3) is 0 Å². The fraction of sp³-hybridized carbons (Fsp3) is 0.212. The molecule has 12 heteroatoms. The molecule has 0 N–H and O–H groups in total. The average molecular weight is 643 g/mol. The first-order chi connectivity index (χ1) is 21.1. The van der Waals surface area contributed by atoms with Crippen LogP contribution in [0.3, 0.4) is 0 Å². The highest BCUT2D eigenvalue weighted by Crippen LogP contribution is 2.39. The van der Waals surface area contributed by atoms with Crippen LogP contribution in [0.4, 0.5) is 48.3 Å². The van der Waals surface area contributed by atoms with E-state index in [4.69, 9.17) is 0 Å². The summed E-state index contributed by atoms with van der Waals surface area (Å²) in [6.45, 7) is 2.08. The summed E-state index contributed by atoms with van der Waals surface area (Å²) in [4.78, 5) is 0. The summed E-state index contributed by atoms with van der Waals surface area (Å²) in [5, 5.41) is 0. The Morgan fingerprint density at radius 1 is 0.600 bits per heavy atom. The van der Waals surface area contributed by atoms with E-state index in [-0.39, 0.29) is 29.8 Å². The van der Waals surface area contributed by atoms with Gasteiger partial charge in [-0.25, -0.2) is 26.3 Å². The summed E-state index contributed by atoms with van der Waals surface area (Å²) in [6, 6.07) is 9.22. The number of halogens is 11. The third-order valence-electron chi connectivity index (χ3n) is 6.61. The van der Waals surface area contributed by atoms with Crippen LogP contribution >= 0.6 is 0 Å². The largest absolute Gasteiger partial charge is 0.432 e. The second-order valence-electron chi connectivity index (χ2n) is 9.91. The maximum absolute atomic E-state index is 14.8. The number of hydrogen-bond acceptors (Lipinski definition) is 1. The highest BCUT2D eigenvalue weighted by Gasteiger charge is 2.43. The molecule has 0 fully saturated rings. The molecule has 0 aliphatic heterocycles. The number of alkyl halides is 5. The lowest BCUT2D eigenvalue weighted by atomic mass is 9.99. The van der Waals surface area contributed by atoms with Crippen molar-refractivity contribution in [3.05, 3.63) is 123 Å². The van der Waals surface area contributed by atoms with E-state index in [2.05, 4.69) is 23.5 Å². The SMILES string of the molecule is CCCCCc1ccc(-c2cc(F)c(C#Cc3cc(F)c(C(F)(F)Oc4cc(F)c(C(F)(F)F)c(F)c4)c(F)c3)c(F)c2)cc1. The first kappa shape index (κ1) is 33.4. The molecule has 0 aliphatic rings. The standard InChI is InChI=1S/C33H21F11O/c1-2-3-4-5-18-6-9-20(10-7-18)21-14-24(34)23(25(35)15-21)11-8-19-12-26(36)31(27(37)13-19)33(43,44)45-22-16-28(38)30(29(39)17-22)32(40,41)42/h6-7,9-10,12-17H,2-5H2,1H3. The van der Waals surface area contributed by atoms with Gasteiger partial charge in [0.2, 0.25) is 0 Å². The minimum atomic E-state index is -5.50. The molecule has 45 heavy (non-hydrogen) atoms. The summed E-state index contributed by atoms with van der Waals surface area (Å²) < 4.78 is 158. The van der Waals surface area contributed by atoms with E-state index in [1.807, 2.05) is 12.1 Å². The Labute approximate surface area is 250 Å². The topological polar surface area (TPSA) is 9.23 Å². The molecule has 0 atom stereocenters. The van der Waals surface area contributed by atoms with Gasteiger partial charge in [-0.2, -0.15) is 22.0 Å². The molecule has 236 valence electrons. The van der Waals surface area contributed by atoms with Gasteiger partial charge < -0.3 is 4.74 Å². The third-order valence-corrected chi connectivity index (χ3v) is 6.61. The average Bonchev–Trinajstić information content (AvgIpc) is 2.91. The van der Waals surface area contributed by atoms with Crippen LogP contribution in [0.5, 0.6) is 5.75 Å². The van der Waals surface area contributed by atoms with Crippen molar-refractivity contribution in [2.75, 3.05) is 0 Å². The monoisotopic (exact) mass is 642 g/mol. The Bertz CT molecular complexity index is 1700. The Morgan fingerprint density at radius 2 is 1.13 bits per heavy atom. The van der Waals surface area contributed by atoms with Crippen LogP contribution in [0.1, 0.15) is 54.0 Å². The highest BCUT2D eigenvalue weighted by atomic mass is 19.4. The van der Waals surface area contributed by atoms with Gasteiger partial charge in [0.1, 0.15) is 51.8 Å². The zero-order valence-corrected chi connectivity index (χ0v) is 23.2. The van der Waals surface area contributed by atoms with Gasteiger partial charge in [-0.15, -0.1) is 0 Å². The minimum Gasteiger partial charge on any atom is -0.429 e. The van der Waals surface area contributed by atoms with Gasteiger partial charge in [-0.3, -0.25) is 0 Å². The maximum atomic E-state index is 14.8. The maximum Gasteiger partial charge on any atom is 0.432 e. The molecule has 0 unspecified atom stereocenters. The zero-order chi connectivity index (χ0) is 33.1. The summed E-state index contributed by atoms with van der Waals surface area (Å²) in [7, 11) is 0. The van der Waals surface area contributed by atoms with Crippen molar-refractivity contribution >= 4 is 0 Å². The minimum absolute atomic E-state index is 0.201. The second kappa shape index (κ2) is 13.2. The lowest BCUT2D eigenvalue weighted by Crippen LogP contribution is -2.25. The molecule has 0 aliphatic carbocycles. The fourth-order valence-electron chi connectivity index (χ4n) is 4.44. The van der Waals surface area contributed by atoms with Crippen LogP contribution in [0.25, 0.3) is 11.1 Å². The third kappa shape index (κ3) is 7.77. The molecule has 4 aromatic rings. The molecule has 0 bridgehead atoms. The summed E-state index contributed by atoms with van der Waals surface area (Å²) >= 11 is 0. The van der Waals surface area contributed by atoms with Crippen molar-refractivity contribution in [1.82, 2.24) is 0 Å². The summed E-state index contributed by atoms with van der Waals surface area (Å²) in [5.41, 5.74) is -4.05. The molecule has 0 heterocycles. The zero-order valence-electron chi connectivity index (χ0n) is 23.2. The Kier molecular flexibility index (Phi) is 9.80. The van der Waals surface area contributed by atoms with Crippen LogP contribution in [-0.4, -0.2) is 0 Å².